The molecular formula is C16H21FN2O2. The molecule has 0 saturated heterocycles. The number of carbonyl (C=O) groups is 1. The number of likely N-dealkylation sites (N-methyl/N-ethyl adjacent to an activating group) is 1. The number of hydrogen-bond donors (Lipinski definition) is 2. The van der Waals surface area contributed by atoms with Crippen molar-refractivity contribution >= 4 is 5.91 Å². The number of nitrogens with zero attached hydrogens (tertiary/aromatic N) is 1. The fourth-order valence-corrected chi connectivity index (χ4v) is 1.94. The lowest BCUT2D eigenvalue weighted by atomic mass is 10.1. The average molecular weight is 292 g/mol. The van der Waals surface area contributed by atoms with Crippen LogP contribution in [0.2, 0.25) is 0 Å². The van der Waals surface area contributed by atoms with Crippen LogP contribution in [0.1, 0.15) is 25.0 Å². The molecule has 0 aliphatic heterocycles. The number of aliphatic hydroxyl groups is 1. The van der Waals surface area contributed by atoms with Gasteiger partial charge in [0, 0.05) is 18.2 Å². The molecular weight excluding hydrogens is 271 g/mol. The summed E-state index contributed by atoms with van der Waals surface area (Å²) in [7, 11) is 1.80. The molecule has 1 aromatic rings. The van der Waals surface area contributed by atoms with Crippen molar-refractivity contribution in [2.75, 3.05) is 20.2 Å². The first-order valence-electron chi connectivity index (χ1n) is 6.78. The van der Waals surface area contributed by atoms with Crippen molar-refractivity contribution in [2.45, 2.75) is 26.4 Å². The number of amides is 1. The van der Waals surface area contributed by atoms with Gasteiger partial charge in [0.1, 0.15) is 12.4 Å². The van der Waals surface area contributed by atoms with E-state index in [1.165, 1.54) is 12.1 Å². The van der Waals surface area contributed by atoms with Gasteiger partial charge in [0.05, 0.1) is 6.54 Å². The van der Waals surface area contributed by atoms with Crippen LogP contribution in [0.4, 0.5) is 4.39 Å². The lowest BCUT2D eigenvalue weighted by molar-refractivity contribution is -0.122. The van der Waals surface area contributed by atoms with E-state index < -0.39 is 0 Å². The van der Waals surface area contributed by atoms with E-state index in [2.05, 4.69) is 17.2 Å². The van der Waals surface area contributed by atoms with Crippen LogP contribution in [-0.2, 0) is 11.3 Å². The van der Waals surface area contributed by atoms with Gasteiger partial charge in [-0.05, 0) is 44.7 Å². The number of nitrogens with one attached hydrogen (secondary N) is 1. The van der Waals surface area contributed by atoms with Gasteiger partial charge in [0.15, 0.2) is 0 Å². The first kappa shape index (κ1) is 17.2. The van der Waals surface area contributed by atoms with Gasteiger partial charge in [-0.15, -0.1) is 0 Å². The molecule has 0 spiro atoms. The molecule has 0 aromatic heterocycles. The molecule has 0 bridgehead atoms. The second-order valence-electron chi connectivity index (χ2n) is 5.20. The van der Waals surface area contributed by atoms with Gasteiger partial charge in [0.25, 0.3) is 0 Å². The average Bonchev–Trinajstić information content (AvgIpc) is 2.34. The molecule has 0 atom stereocenters. The molecule has 0 unspecified atom stereocenters. The second-order valence-corrected chi connectivity index (χ2v) is 5.20. The highest BCUT2D eigenvalue weighted by Gasteiger charge is 2.09. The summed E-state index contributed by atoms with van der Waals surface area (Å²) in [6.45, 7) is 4.22. The number of rotatable bonds is 5. The highest BCUT2D eigenvalue weighted by molar-refractivity contribution is 5.78. The maximum atomic E-state index is 13.5. The van der Waals surface area contributed by atoms with E-state index in [1.807, 2.05) is 13.8 Å². The fraction of sp³-hybridized carbons (Fsp3) is 0.438. The highest BCUT2D eigenvalue weighted by atomic mass is 19.1. The van der Waals surface area contributed by atoms with Gasteiger partial charge in [-0.1, -0.05) is 11.8 Å². The summed E-state index contributed by atoms with van der Waals surface area (Å²) in [5.41, 5.74) is 1.25. The number of carbonyl (C=O) groups excluding carboxylic acids is 1. The van der Waals surface area contributed by atoms with Crippen LogP contribution in [0, 0.1) is 17.7 Å². The molecule has 1 amide bonds. The van der Waals surface area contributed by atoms with Gasteiger partial charge in [-0.25, -0.2) is 4.39 Å². The smallest absolute Gasteiger partial charge is 0.234 e. The summed E-state index contributed by atoms with van der Waals surface area (Å²) in [6, 6.07) is 4.58. The van der Waals surface area contributed by atoms with Crippen molar-refractivity contribution in [2.24, 2.45) is 0 Å². The Labute approximate surface area is 125 Å². The van der Waals surface area contributed by atoms with Crippen LogP contribution in [0.3, 0.4) is 0 Å². The summed E-state index contributed by atoms with van der Waals surface area (Å²) < 4.78 is 13.5. The number of hydrogen-bond acceptors (Lipinski definition) is 3. The van der Waals surface area contributed by atoms with Crippen molar-refractivity contribution in [1.29, 1.82) is 0 Å². The van der Waals surface area contributed by atoms with E-state index in [0.717, 1.165) is 5.56 Å². The number of halogens is 1. The molecule has 21 heavy (non-hydrogen) atoms. The predicted octanol–water partition coefficient (Wildman–Crippen LogP) is 1.13. The second kappa shape index (κ2) is 8.40. The summed E-state index contributed by atoms with van der Waals surface area (Å²) in [4.78, 5) is 13.5. The molecule has 0 saturated carbocycles. The van der Waals surface area contributed by atoms with E-state index in [4.69, 9.17) is 5.11 Å². The Morgan fingerprint density at radius 2 is 2.14 bits per heavy atom. The number of benzene rings is 1. The normalized spacial score (nSPS) is 10.4. The van der Waals surface area contributed by atoms with Gasteiger partial charge in [-0.3, -0.25) is 9.69 Å². The van der Waals surface area contributed by atoms with Crippen molar-refractivity contribution < 1.29 is 14.3 Å². The maximum absolute atomic E-state index is 13.5. The molecule has 1 rings (SSSR count). The fourth-order valence-electron chi connectivity index (χ4n) is 1.94. The lowest BCUT2D eigenvalue weighted by Gasteiger charge is -2.17. The molecule has 1 aromatic carbocycles. The van der Waals surface area contributed by atoms with Crippen LogP contribution in [-0.4, -0.2) is 42.2 Å². The van der Waals surface area contributed by atoms with Crippen molar-refractivity contribution in [1.82, 2.24) is 10.2 Å². The van der Waals surface area contributed by atoms with E-state index in [-0.39, 0.29) is 30.9 Å². The highest BCUT2D eigenvalue weighted by Crippen LogP contribution is 2.10. The molecule has 4 nitrogen and oxygen atoms in total. The Balaban J connectivity index is 2.69. The Morgan fingerprint density at radius 3 is 2.76 bits per heavy atom. The zero-order chi connectivity index (χ0) is 15.8. The van der Waals surface area contributed by atoms with Crippen LogP contribution >= 0.6 is 0 Å². The Bertz CT molecular complexity index is 547. The van der Waals surface area contributed by atoms with Crippen LogP contribution in [0.5, 0.6) is 0 Å². The van der Waals surface area contributed by atoms with E-state index >= 15 is 0 Å². The largest absolute Gasteiger partial charge is 0.384 e. The molecule has 0 heterocycles. The van der Waals surface area contributed by atoms with Gasteiger partial charge < -0.3 is 10.4 Å². The summed E-state index contributed by atoms with van der Waals surface area (Å²) >= 11 is 0. The van der Waals surface area contributed by atoms with Crippen LogP contribution in [0.15, 0.2) is 18.2 Å². The Morgan fingerprint density at radius 1 is 1.43 bits per heavy atom. The van der Waals surface area contributed by atoms with Gasteiger partial charge in [0.2, 0.25) is 5.91 Å². The van der Waals surface area contributed by atoms with Crippen molar-refractivity contribution in [3.8, 4) is 11.8 Å². The standard InChI is InChI=1S/C16H21FN2O2/c1-12(2)18-16(21)11-19(3)10-14-7-13(5-4-6-20)8-15(17)9-14/h7-9,12,20H,6,10-11H2,1-3H3,(H,18,21). The van der Waals surface area contributed by atoms with Crippen molar-refractivity contribution in [3.05, 3.63) is 35.1 Å². The van der Waals surface area contributed by atoms with Crippen molar-refractivity contribution in [3.63, 3.8) is 0 Å². The van der Waals surface area contributed by atoms with Gasteiger partial charge >= 0.3 is 0 Å². The zero-order valence-electron chi connectivity index (χ0n) is 12.6. The molecule has 114 valence electrons. The zero-order valence-corrected chi connectivity index (χ0v) is 12.6. The predicted molar refractivity (Wildman–Crippen MR) is 80.0 cm³/mol. The molecule has 5 heteroatoms. The quantitative estimate of drug-likeness (QED) is 0.800. The Hall–Kier alpha value is -1.90. The monoisotopic (exact) mass is 292 g/mol. The SMILES string of the molecule is CC(C)NC(=O)CN(C)Cc1cc(F)cc(C#CCO)c1. The summed E-state index contributed by atoms with van der Waals surface area (Å²) in [6.07, 6.45) is 0. The van der Waals surface area contributed by atoms with Gasteiger partial charge in [-0.2, -0.15) is 0 Å². The van der Waals surface area contributed by atoms with E-state index in [0.29, 0.717) is 12.1 Å². The maximum Gasteiger partial charge on any atom is 0.234 e. The minimum atomic E-state index is -0.380. The topological polar surface area (TPSA) is 52.6 Å². The molecule has 2 N–H and O–H groups in total. The third-order valence-corrected chi connectivity index (χ3v) is 2.59. The molecule has 0 fully saturated rings. The van der Waals surface area contributed by atoms with Crippen LogP contribution in [0.25, 0.3) is 0 Å². The number of aliphatic hydroxyl groups excluding tert-OH is 1. The third kappa shape index (κ3) is 6.89. The Kier molecular flexibility index (Phi) is 6.86. The third-order valence-electron chi connectivity index (χ3n) is 2.59. The summed E-state index contributed by atoms with van der Waals surface area (Å²) in [5.74, 6) is 4.72. The molecule has 0 radical (unpaired) electrons. The molecule has 0 aliphatic carbocycles. The first-order valence-corrected chi connectivity index (χ1v) is 6.78. The van der Waals surface area contributed by atoms with Crippen LogP contribution < -0.4 is 5.32 Å². The minimum Gasteiger partial charge on any atom is -0.384 e. The molecule has 0 aliphatic rings. The van der Waals surface area contributed by atoms with E-state index in [9.17, 15) is 9.18 Å². The first-order chi connectivity index (χ1) is 9.90. The lowest BCUT2D eigenvalue weighted by Crippen LogP contribution is -2.38. The van der Waals surface area contributed by atoms with E-state index in [1.54, 1.807) is 18.0 Å². The minimum absolute atomic E-state index is 0.0656. The summed E-state index contributed by atoms with van der Waals surface area (Å²) in [5, 5.41) is 11.5.